The number of benzene rings is 1. The number of ether oxygens (including phenoxy) is 2. The molecule has 0 saturated carbocycles. The van der Waals surface area contributed by atoms with Crippen LogP contribution >= 0.6 is 22.9 Å². The average molecular weight is 459 g/mol. The van der Waals surface area contributed by atoms with Crippen molar-refractivity contribution in [3.05, 3.63) is 68.5 Å². The molecule has 31 heavy (non-hydrogen) atoms. The molecular weight excluding hydrogens is 444 g/mol. The number of thiophene rings is 1. The van der Waals surface area contributed by atoms with Crippen molar-refractivity contribution in [3.63, 3.8) is 0 Å². The fourth-order valence-corrected chi connectivity index (χ4v) is 4.58. The van der Waals surface area contributed by atoms with Gasteiger partial charge in [-0.2, -0.15) is 0 Å². The Balaban J connectivity index is 1.34. The minimum Gasteiger partial charge on any atom is -0.489 e. The maximum atomic E-state index is 12.6. The number of halogens is 1. The molecule has 1 fully saturated rings. The molecule has 2 aliphatic heterocycles. The monoisotopic (exact) mass is 458 g/mol. The van der Waals surface area contributed by atoms with E-state index in [-0.39, 0.29) is 30.7 Å². The molecule has 2 aromatic heterocycles. The Bertz CT molecular complexity index is 1240. The molecule has 0 radical (unpaired) electrons. The zero-order valence-corrected chi connectivity index (χ0v) is 17.4. The summed E-state index contributed by atoms with van der Waals surface area (Å²) in [6.07, 6.45) is 3.21. The molecule has 2 amide bonds. The smallest absolute Gasteiger partial charge is 0.415 e. The molecule has 1 N–H and O–H groups in total. The largest absolute Gasteiger partial charge is 0.489 e. The highest BCUT2D eigenvalue weighted by Crippen LogP contribution is 2.39. The second kappa shape index (κ2) is 7.71. The molecule has 2 atom stereocenters. The molecule has 0 aliphatic carbocycles. The van der Waals surface area contributed by atoms with Gasteiger partial charge in [0.1, 0.15) is 24.5 Å². The average Bonchev–Trinajstić information content (AvgIpc) is 3.35. The summed E-state index contributed by atoms with van der Waals surface area (Å²) in [6.45, 7) is 0.337. The molecule has 1 saturated heterocycles. The predicted octanol–water partition coefficient (Wildman–Crippen LogP) is 2.46. The fraction of sp³-hybridized carbons (Fsp3) is 0.200. The summed E-state index contributed by atoms with van der Waals surface area (Å²) in [5.41, 5.74) is 0.862. The lowest BCUT2D eigenvalue weighted by Gasteiger charge is -2.31. The Morgan fingerprint density at radius 1 is 1.29 bits per heavy atom. The van der Waals surface area contributed by atoms with E-state index in [1.165, 1.54) is 33.2 Å². The third kappa shape index (κ3) is 3.53. The highest BCUT2D eigenvalue weighted by Gasteiger charge is 2.46. The highest BCUT2D eigenvalue weighted by molar-refractivity contribution is 7.18. The zero-order valence-electron chi connectivity index (χ0n) is 15.9. The van der Waals surface area contributed by atoms with Gasteiger partial charge in [-0.15, -0.1) is 11.3 Å². The topological polar surface area (TPSA) is 103 Å². The lowest BCUT2D eigenvalue weighted by Crippen LogP contribution is -2.47. The third-order valence-corrected chi connectivity index (χ3v) is 6.32. The molecule has 0 unspecified atom stereocenters. The second-order valence-electron chi connectivity index (χ2n) is 6.92. The molecule has 9 nitrogen and oxygen atoms in total. The van der Waals surface area contributed by atoms with E-state index in [1.807, 2.05) is 0 Å². The summed E-state index contributed by atoms with van der Waals surface area (Å²) in [4.78, 5) is 42.7. The summed E-state index contributed by atoms with van der Waals surface area (Å²) >= 11 is 7.05. The minimum atomic E-state index is -0.567. The number of carbonyl (C=O) groups is 2. The van der Waals surface area contributed by atoms with Gasteiger partial charge >= 0.3 is 6.09 Å². The molecule has 4 heterocycles. The molecule has 0 bridgehead atoms. The van der Waals surface area contributed by atoms with Crippen molar-refractivity contribution >= 4 is 40.6 Å². The first-order valence-electron chi connectivity index (χ1n) is 9.34. The molecule has 158 valence electrons. The molecule has 11 heteroatoms. The van der Waals surface area contributed by atoms with Gasteiger partial charge in [-0.25, -0.2) is 4.79 Å². The molecular formula is C20H15ClN4O5S. The quantitative estimate of drug-likeness (QED) is 0.644. The Kier molecular flexibility index (Phi) is 4.87. The Morgan fingerprint density at radius 3 is 2.94 bits per heavy atom. The maximum absolute atomic E-state index is 12.6. The molecule has 1 aromatic carbocycles. The van der Waals surface area contributed by atoms with Crippen molar-refractivity contribution in [1.82, 2.24) is 14.9 Å². The molecule has 0 spiro atoms. The van der Waals surface area contributed by atoms with Crippen LogP contribution in [-0.2, 0) is 4.74 Å². The SMILES string of the molecule is O=C(NC[C@@H]1OC(=O)N2c3ccc(-n4ccncc4=O)cc3OC[C@@H]12)c1ccc(Cl)s1. The predicted molar refractivity (Wildman–Crippen MR) is 114 cm³/mol. The number of rotatable bonds is 4. The lowest BCUT2D eigenvalue weighted by atomic mass is 10.1. The summed E-state index contributed by atoms with van der Waals surface area (Å²) in [5, 5.41) is 2.78. The number of hydrogen-bond acceptors (Lipinski definition) is 7. The first-order valence-corrected chi connectivity index (χ1v) is 10.5. The van der Waals surface area contributed by atoms with Crippen LogP contribution in [0.3, 0.4) is 0 Å². The first-order chi connectivity index (χ1) is 15.0. The number of nitrogens with zero attached hydrogens (tertiary/aromatic N) is 3. The number of carbonyl (C=O) groups excluding carboxylic acids is 2. The van der Waals surface area contributed by atoms with E-state index < -0.39 is 12.2 Å². The summed E-state index contributed by atoms with van der Waals surface area (Å²) in [5.74, 6) is 0.184. The van der Waals surface area contributed by atoms with Crippen LogP contribution in [0.5, 0.6) is 5.75 Å². The van der Waals surface area contributed by atoms with Gasteiger partial charge in [0.2, 0.25) is 0 Å². The Labute approximate surface area is 184 Å². The number of aromatic nitrogens is 2. The van der Waals surface area contributed by atoms with E-state index in [0.717, 1.165) is 0 Å². The van der Waals surface area contributed by atoms with Gasteiger partial charge in [-0.05, 0) is 24.3 Å². The maximum Gasteiger partial charge on any atom is 0.415 e. The van der Waals surface area contributed by atoms with E-state index in [0.29, 0.717) is 26.3 Å². The van der Waals surface area contributed by atoms with Crippen molar-refractivity contribution in [2.75, 3.05) is 18.1 Å². The highest BCUT2D eigenvalue weighted by atomic mass is 35.5. The van der Waals surface area contributed by atoms with E-state index in [2.05, 4.69) is 10.3 Å². The standard InChI is InChI=1S/C20H15ClN4O5S/c21-17-4-3-16(31-17)19(27)23-8-15-13-10-29-14-7-11(24-6-5-22-9-18(24)26)1-2-12(14)25(13)20(28)30-15/h1-7,9,13,15H,8,10H2,(H,23,27)/t13-,15-/m0/s1. The van der Waals surface area contributed by atoms with Crippen molar-refractivity contribution in [2.24, 2.45) is 0 Å². The van der Waals surface area contributed by atoms with E-state index in [9.17, 15) is 14.4 Å². The van der Waals surface area contributed by atoms with Crippen LogP contribution in [0.25, 0.3) is 5.69 Å². The first kappa shape index (κ1) is 19.6. The van der Waals surface area contributed by atoms with Crippen LogP contribution in [0, 0.1) is 0 Å². The van der Waals surface area contributed by atoms with Crippen LogP contribution in [0.2, 0.25) is 4.34 Å². The van der Waals surface area contributed by atoms with Crippen LogP contribution in [-0.4, -0.2) is 46.8 Å². The normalized spacial score (nSPS) is 19.3. The van der Waals surface area contributed by atoms with Crippen LogP contribution in [0.4, 0.5) is 10.5 Å². The van der Waals surface area contributed by atoms with Crippen LogP contribution < -0.4 is 20.5 Å². The number of hydrogen-bond donors (Lipinski definition) is 1. The molecule has 2 aliphatic rings. The summed E-state index contributed by atoms with van der Waals surface area (Å²) < 4.78 is 13.3. The van der Waals surface area contributed by atoms with Gasteiger partial charge in [-0.1, -0.05) is 11.6 Å². The minimum absolute atomic E-state index is 0.143. The van der Waals surface area contributed by atoms with E-state index >= 15 is 0 Å². The number of fused-ring (bicyclic) bond motifs is 3. The Morgan fingerprint density at radius 2 is 2.16 bits per heavy atom. The molecule has 5 rings (SSSR count). The van der Waals surface area contributed by atoms with Crippen molar-refractivity contribution in [3.8, 4) is 11.4 Å². The van der Waals surface area contributed by atoms with Gasteiger partial charge in [0.05, 0.1) is 33.3 Å². The van der Waals surface area contributed by atoms with E-state index in [4.69, 9.17) is 21.1 Å². The van der Waals surface area contributed by atoms with Crippen molar-refractivity contribution in [2.45, 2.75) is 12.1 Å². The number of nitrogens with one attached hydrogen (secondary N) is 1. The third-order valence-electron chi connectivity index (χ3n) is 5.09. The Hall–Kier alpha value is -3.37. The number of cyclic esters (lactones) is 1. The zero-order chi connectivity index (χ0) is 21.5. The summed E-state index contributed by atoms with van der Waals surface area (Å²) in [7, 11) is 0. The van der Waals surface area contributed by atoms with Crippen LogP contribution in [0.1, 0.15) is 9.67 Å². The van der Waals surface area contributed by atoms with E-state index in [1.54, 1.807) is 36.5 Å². The van der Waals surface area contributed by atoms with Gasteiger partial charge in [0.25, 0.3) is 11.5 Å². The van der Waals surface area contributed by atoms with Gasteiger partial charge in [-0.3, -0.25) is 24.0 Å². The number of amides is 2. The van der Waals surface area contributed by atoms with Crippen molar-refractivity contribution in [1.29, 1.82) is 0 Å². The van der Waals surface area contributed by atoms with Gasteiger partial charge in [0, 0.05) is 18.5 Å². The lowest BCUT2D eigenvalue weighted by molar-refractivity contribution is 0.0890. The molecule has 3 aromatic rings. The van der Waals surface area contributed by atoms with Crippen molar-refractivity contribution < 1.29 is 19.1 Å². The summed E-state index contributed by atoms with van der Waals surface area (Å²) in [6, 6.07) is 8.02. The van der Waals surface area contributed by atoms with Gasteiger partial charge < -0.3 is 14.8 Å². The second-order valence-corrected chi connectivity index (χ2v) is 8.64. The van der Waals surface area contributed by atoms with Gasteiger partial charge in [0.15, 0.2) is 0 Å². The van der Waals surface area contributed by atoms with Crippen LogP contribution in [0.15, 0.2) is 53.7 Å². The number of anilines is 1. The fourth-order valence-electron chi connectivity index (χ4n) is 3.62.